The van der Waals surface area contributed by atoms with E-state index in [-0.39, 0.29) is 16.8 Å². The molecule has 7 heteroatoms. The molecule has 0 heterocycles. The van der Waals surface area contributed by atoms with Crippen LogP contribution >= 0.6 is 11.8 Å². The highest BCUT2D eigenvalue weighted by Crippen LogP contribution is 2.29. The number of rotatable bonds is 8. The lowest BCUT2D eigenvalue weighted by atomic mass is 10.2. The number of benzene rings is 1. The van der Waals surface area contributed by atoms with Crippen molar-refractivity contribution in [3.63, 3.8) is 0 Å². The molecule has 1 aromatic rings. The first-order valence-electron chi connectivity index (χ1n) is 6.74. The van der Waals surface area contributed by atoms with E-state index in [0.29, 0.717) is 11.4 Å². The Kier molecular flexibility index (Phi) is 7.01. The van der Waals surface area contributed by atoms with Gasteiger partial charge in [-0.25, -0.2) is 0 Å². The Hall–Kier alpha value is -1.76. The van der Waals surface area contributed by atoms with Gasteiger partial charge in [-0.15, -0.1) is 11.8 Å². The van der Waals surface area contributed by atoms with Crippen LogP contribution in [0.15, 0.2) is 18.2 Å². The zero-order chi connectivity index (χ0) is 15.8. The maximum absolute atomic E-state index is 12.1. The average Bonchev–Trinajstić information content (AvgIpc) is 2.47. The molecule has 6 nitrogen and oxygen atoms in total. The minimum atomic E-state index is -0.505. The molecule has 0 saturated heterocycles. The number of nitrogens with one attached hydrogen (secondary N) is 1. The smallest absolute Gasteiger partial charge is 0.271 e. The molecule has 0 fully saturated rings. The fourth-order valence-electron chi connectivity index (χ4n) is 1.62. The van der Waals surface area contributed by atoms with Gasteiger partial charge in [0.25, 0.3) is 5.69 Å². The highest BCUT2D eigenvalue weighted by Gasteiger charge is 2.17. The fourth-order valence-corrected chi connectivity index (χ4v) is 2.64. The monoisotopic (exact) mass is 312 g/mol. The van der Waals surface area contributed by atoms with Crippen molar-refractivity contribution in [2.24, 2.45) is 0 Å². The van der Waals surface area contributed by atoms with Crippen molar-refractivity contribution in [2.75, 3.05) is 18.2 Å². The van der Waals surface area contributed by atoms with Crippen LogP contribution in [-0.4, -0.2) is 28.9 Å². The Balaban J connectivity index is 2.78. The van der Waals surface area contributed by atoms with Crippen LogP contribution in [0.1, 0.15) is 26.7 Å². The molecule has 21 heavy (non-hydrogen) atoms. The number of amides is 1. The predicted octanol–water partition coefficient (Wildman–Crippen LogP) is 3.46. The predicted molar refractivity (Wildman–Crippen MR) is 85.1 cm³/mol. The number of nitro benzene ring substituents is 1. The lowest BCUT2D eigenvalue weighted by Crippen LogP contribution is -2.23. The summed E-state index contributed by atoms with van der Waals surface area (Å²) in [6.45, 7) is 3.92. The number of unbranched alkanes of at least 4 members (excludes halogenated alkanes) is 1. The first kappa shape index (κ1) is 17.3. The molecule has 0 bridgehead atoms. The minimum Gasteiger partial charge on any atom is -0.495 e. The van der Waals surface area contributed by atoms with Gasteiger partial charge in [-0.2, -0.15) is 0 Å². The van der Waals surface area contributed by atoms with E-state index in [1.807, 2.05) is 6.92 Å². The molecule has 0 spiro atoms. The zero-order valence-electron chi connectivity index (χ0n) is 12.4. The Morgan fingerprint density at radius 3 is 2.81 bits per heavy atom. The number of nitro groups is 1. The topological polar surface area (TPSA) is 81.5 Å². The lowest BCUT2D eigenvalue weighted by Gasteiger charge is -2.14. The third-order valence-corrected chi connectivity index (χ3v) is 4.13. The van der Waals surface area contributed by atoms with Crippen molar-refractivity contribution in [3.05, 3.63) is 28.3 Å². The molecular formula is C14H20N2O4S. The Morgan fingerprint density at radius 2 is 2.24 bits per heavy atom. The number of thioether (sulfide) groups is 1. The summed E-state index contributed by atoms with van der Waals surface area (Å²) in [6, 6.07) is 4.12. The van der Waals surface area contributed by atoms with Gasteiger partial charge < -0.3 is 10.1 Å². The van der Waals surface area contributed by atoms with Gasteiger partial charge in [0.15, 0.2) is 0 Å². The zero-order valence-corrected chi connectivity index (χ0v) is 13.2. The first-order chi connectivity index (χ1) is 9.99. The largest absolute Gasteiger partial charge is 0.495 e. The van der Waals surface area contributed by atoms with Crippen molar-refractivity contribution in [2.45, 2.75) is 31.9 Å². The fraction of sp³-hybridized carbons (Fsp3) is 0.500. The van der Waals surface area contributed by atoms with E-state index in [0.717, 1.165) is 18.6 Å². The van der Waals surface area contributed by atoms with E-state index in [9.17, 15) is 14.9 Å². The maximum atomic E-state index is 12.1. The first-order valence-corrected chi connectivity index (χ1v) is 7.79. The molecule has 1 aromatic carbocycles. The summed E-state index contributed by atoms with van der Waals surface area (Å²) in [5, 5.41) is 13.3. The van der Waals surface area contributed by atoms with E-state index in [2.05, 4.69) is 12.2 Å². The third kappa shape index (κ3) is 5.26. The number of hydrogen-bond donors (Lipinski definition) is 1. The SMILES string of the molecule is CCCCSC(C)C(=O)Nc1cc([N+](=O)[O-])ccc1OC. The van der Waals surface area contributed by atoms with Crippen molar-refractivity contribution in [1.29, 1.82) is 0 Å². The summed E-state index contributed by atoms with van der Waals surface area (Å²) >= 11 is 1.57. The van der Waals surface area contributed by atoms with Crippen LogP contribution < -0.4 is 10.1 Å². The standard InChI is InChI=1S/C14H20N2O4S/c1-4-5-8-21-10(2)14(17)15-12-9-11(16(18)19)6-7-13(12)20-3/h6-7,9-10H,4-5,8H2,1-3H3,(H,15,17). The van der Waals surface area contributed by atoms with Gasteiger partial charge in [0.1, 0.15) is 5.75 Å². The maximum Gasteiger partial charge on any atom is 0.271 e. The highest BCUT2D eigenvalue weighted by atomic mass is 32.2. The molecule has 1 amide bonds. The van der Waals surface area contributed by atoms with Crippen molar-refractivity contribution in [3.8, 4) is 5.75 Å². The second-order valence-corrected chi connectivity index (χ2v) is 5.95. The summed E-state index contributed by atoms with van der Waals surface area (Å²) in [7, 11) is 1.45. The number of carbonyl (C=O) groups excluding carboxylic acids is 1. The van der Waals surface area contributed by atoms with Gasteiger partial charge in [0.2, 0.25) is 5.91 Å². The molecule has 116 valence electrons. The molecule has 1 atom stereocenters. The van der Waals surface area contributed by atoms with Gasteiger partial charge in [-0.3, -0.25) is 14.9 Å². The van der Waals surface area contributed by atoms with Crippen LogP contribution in [0.2, 0.25) is 0 Å². The summed E-state index contributed by atoms with van der Waals surface area (Å²) in [6.07, 6.45) is 2.14. The minimum absolute atomic E-state index is 0.0858. The van der Waals surface area contributed by atoms with E-state index in [4.69, 9.17) is 4.74 Å². The Morgan fingerprint density at radius 1 is 1.52 bits per heavy atom. The number of ether oxygens (including phenoxy) is 1. The summed E-state index contributed by atoms with van der Waals surface area (Å²) in [4.78, 5) is 22.4. The lowest BCUT2D eigenvalue weighted by molar-refractivity contribution is -0.384. The van der Waals surface area contributed by atoms with Gasteiger partial charge >= 0.3 is 0 Å². The van der Waals surface area contributed by atoms with Crippen molar-refractivity contribution < 1.29 is 14.5 Å². The van der Waals surface area contributed by atoms with Crippen molar-refractivity contribution in [1.82, 2.24) is 0 Å². The Bertz CT molecular complexity index is 508. The van der Waals surface area contributed by atoms with Gasteiger partial charge in [-0.05, 0) is 25.2 Å². The molecule has 0 radical (unpaired) electrons. The molecule has 0 aromatic heterocycles. The number of non-ortho nitro benzene ring substituents is 1. The summed E-state index contributed by atoms with van der Waals surface area (Å²) in [5.41, 5.74) is 0.233. The van der Waals surface area contributed by atoms with E-state index < -0.39 is 4.92 Å². The highest BCUT2D eigenvalue weighted by molar-refractivity contribution is 8.00. The molecule has 0 aliphatic rings. The molecular weight excluding hydrogens is 292 g/mol. The van der Waals surface area contributed by atoms with Crippen LogP contribution in [0.4, 0.5) is 11.4 Å². The van der Waals surface area contributed by atoms with Crippen LogP contribution in [0.5, 0.6) is 5.75 Å². The van der Waals surface area contributed by atoms with Crippen LogP contribution in [0.3, 0.4) is 0 Å². The van der Waals surface area contributed by atoms with E-state index in [1.54, 1.807) is 11.8 Å². The molecule has 0 aliphatic carbocycles. The van der Waals surface area contributed by atoms with Crippen molar-refractivity contribution >= 4 is 29.0 Å². The summed E-state index contributed by atoms with van der Waals surface area (Å²) < 4.78 is 5.12. The normalized spacial score (nSPS) is 11.8. The van der Waals surface area contributed by atoms with Gasteiger partial charge in [0, 0.05) is 12.1 Å². The quantitative estimate of drug-likeness (QED) is 0.451. The second-order valence-electron chi connectivity index (χ2n) is 4.50. The number of methoxy groups -OCH3 is 1. The van der Waals surface area contributed by atoms with Crippen LogP contribution in [0, 0.1) is 10.1 Å². The number of hydrogen-bond acceptors (Lipinski definition) is 5. The summed E-state index contributed by atoms with van der Waals surface area (Å²) in [5.74, 6) is 1.13. The third-order valence-electron chi connectivity index (χ3n) is 2.89. The molecule has 1 rings (SSSR count). The second kappa shape index (κ2) is 8.51. The van der Waals surface area contributed by atoms with Gasteiger partial charge in [-0.1, -0.05) is 13.3 Å². The van der Waals surface area contributed by atoms with Crippen LogP contribution in [-0.2, 0) is 4.79 Å². The molecule has 0 saturated carbocycles. The van der Waals surface area contributed by atoms with Crippen LogP contribution in [0.25, 0.3) is 0 Å². The van der Waals surface area contributed by atoms with Gasteiger partial charge in [0.05, 0.1) is 23.0 Å². The van der Waals surface area contributed by atoms with E-state index >= 15 is 0 Å². The number of anilines is 1. The molecule has 0 aliphatic heterocycles. The molecule has 1 unspecified atom stereocenters. The Labute approximate surface area is 128 Å². The van der Waals surface area contributed by atoms with E-state index in [1.165, 1.54) is 25.3 Å². The number of nitrogens with zero attached hydrogens (tertiary/aromatic N) is 1. The average molecular weight is 312 g/mol. The molecule has 1 N–H and O–H groups in total. The number of carbonyl (C=O) groups is 1.